The molecule has 0 amide bonds. The second-order valence-corrected chi connectivity index (χ2v) is 4.32. The molecule has 2 N–H and O–H groups in total. The van der Waals surface area contributed by atoms with Crippen molar-refractivity contribution in [2.45, 2.75) is 18.3 Å². The maximum atomic E-state index is 5.84. The van der Waals surface area contributed by atoms with Gasteiger partial charge in [0.25, 0.3) is 0 Å². The molecule has 16 heavy (non-hydrogen) atoms. The summed E-state index contributed by atoms with van der Waals surface area (Å²) in [6.45, 7) is 0.668. The van der Waals surface area contributed by atoms with Gasteiger partial charge in [-0.15, -0.1) is 0 Å². The Balaban J connectivity index is 2.20. The molecular formula is C12H14N2O2. The van der Waals surface area contributed by atoms with Gasteiger partial charge >= 0.3 is 6.08 Å². The number of para-hydroxylation sites is 1. The summed E-state index contributed by atoms with van der Waals surface area (Å²) in [5.74, 6) is 0. The summed E-state index contributed by atoms with van der Waals surface area (Å²) in [7, 11) is 1.56. The Hall–Kier alpha value is -1.55. The van der Waals surface area contributed by atoms with E-state index in [9.17, 15) is 0 Å². The zero-order valence-electron chi connectivity index (χ0n) is 9.19. The Morgan fingerprint density at radius 2 is 2.31 bits per heavy atom. The van der Waals surface area contributed by atoms with Gasteiger partial charge in [0.05, 0.1) is 7.11 Å². The molecule has 84 valence electrons. The van der Waals surface area contributed by atoms with Crippen LogP contribution in [0.1, 0.15) is 18.4 Å². The van der Waals surface area contributed by atoms with Crippen LogP contribution in [0, 0.1) is 0 Å². The Bertz CT molecular complexity index is 529. The second kappa shape index (κ2) is 3.22. The summed E-state index contributed by atoms with van der Waals surface area (Å²) in [5, 5.41) is 0. The summed E-state index contributed by atoms with van der Waals surface area (Å²) in [4.78, 5) is 4.34. The van der Waals surface area contributed by atoms with E-state index in [1.54, 1.807) is 7.11 Å². The second-order valence-electron chi connectivity index (χ2n) is 4.32. The molecule has 0 unspecified atom stereocenters. The van der Waals surface area contributed by atoms with Crippen molar-refractivity contribution in [1.82, 2.24) is 4.98 Å². The van der Waals surface area contributed by atoms with Crippen molar-refractivity contribution in [3.63, 3.8) is 0 Å². The van der Waals surface area contributed by atoms with Gasteiger partial charge in [0.15, 0.2) is 5.58 Å². The summed E-state index contributed by atoms with van der Waals surface area (Å²) < 4.78 is 10.5. The average molecular weight is 218 g/mol. The van der Waals surface area contributed by atoms with E-state index in [0.29, 0.717) is 12.6 Å². The standard InChI is InChI=1S/C12H14N2O2/c1-15-11-14-10-8(12(7-13)5-6-12)3-2-4-9(10)16-11/h2-4H,5-7,13H2,1H3. The molecule has 2 aromatic rings. The number of methoxy groups -OCH3 is 1. The largest absolute Gasteiger partial charge is 0.453 e. The first-order valence-electron chi connectivity index (χ1n) is 5.43. The highest BCUT2D eigenvalue weighted by atomic mass is 16.6. The van der Waals surface area contributed by atoms with Crippen LogP contribution in [0.3, 0.4) is 0 Å². The lowest BCUT2D eigenvalue weighted by Crippen LogP contribution is -2.19. The fraction of sp³-hybridized carbons (Fsp3) is 0.417. The number of aromatic nitrogens is 1. The van der Waals surface area contributed by atoms with Gasteiger partial charge in [-0.3, -0.25) is 0 Å². The van der Waals surface area contributed by atoms with E-state index in [-0.39, 0.29) is 5.41 Å². The zero-order chi connectivity index (χ0) is 11.2. The van der Waals surface area contributed by atoms with Crippen LogP contribution in [0.25, 0.3) is 11.1 Å². The Kier molecular flexibility index (Phi) is 1.94. The van der Waals surface area contributed by atoms with Crippen molar-refractivity contribution < 1.29 is 9.15 Å². The van der Waals surface area contributed by atoms with E-state index in [1.807, 2.05) is 12.1 Å². The molecule has 0 aliphatic heterocycles. The molecule has 1 fully saturated rings. The summed E-state index contributed by atoms with van der Waals surface area (Å²) in [6.07, 6.45) is 2.59. The molecule has 1 aliphatic rings. The number of hydrogen-bond acceptors (Lipinski definition) is 4. The predicted molar refractivity (Wildman–Crippen MR) is 60.5 cm³/mol. The highest BCUT2D eigenvalue weighted by Gasteiger charge is 2.44. The predicted octanol–water partition coefficient (Wildman–Crippen LogP) is 1.83. The van der Waals surface area contributed by atoms with Crippen LogP contribution in [0.4, 0.5) is 0 Å². The maximum Gasteiger partial charge on any atom is 0.394 e. The Morgan fingerprint density at radius 3 is 2.94 bits per heavy atom. The van der Waals surface area contributed by atoms with Gasteiger partial charge < -0.3 is 14.9 Å². The van der Waals surface area contributed by atoms with Crippen molar-refractivity contribution in [1.29, 1.82) is 0 Å². The fourth-order valence-electron chi connectivity index (χ4n) is 2.18. The Labute approximate surface area is 93.4 Å². The highest BCUT2D eigenvalue weighted by Crippen LogP contribution is 2.49. The van der Waals surface area contributed by atoms with E-state index in [4.69, 9.17) is 14.9 Å². The quantitative estimate of drug-likeness (QED) is 0.853. The van der Waals surface area contributed by atoms with Crippen LogP contribution in [-0.4, -0.2) is 18.6 Å². The number of benzene rings is 1. The molecule has 1 aromatic heterocycles. The number of nitrogens with zero attached hydrogens (tertiary/aromatic N) is 1. The van der Waals surface area contributed by atoms with Gasteiger partial charge in [0.1, 0.15) is 5.52 Å². The van der Waals surface area contributed by atoms with Crippen LogP contribution < -0.4 is 10.5 Å². The van der Waals surface area contributed by atoms with Crippen molar-refractivity contribution in [3.05, 3.63) is 23.8 Å². The topological polar surface area (TPSA) is 61.3 Å². The third kappa shape index (κ3) is 1.23. The number of nitrogens with two attached hydrogens (primary N) is 1. The molecular weight excluding hydrogens is 204 g/mol. The van der Waals surface area contributed by atoms with Gasteiger partial charge in [0.2, 0.25) is 0 Å². The third-order valence-electron chi connectivity index (χ3n) is 3.39. The smallest absolute Gasteiger partial charge is 0.394 e. The van der Waals surface area contributed by atoms with Crippen molar-refractivity contribution >= 4 is 11.1 Å². The van der Waals surface area contributed by atoms with Crippen molar-refractivity contribution in [2.75, 3.05) is 13.7 Å². The lowest BCUT2D eigenvalue weighted by atomic mass is 9.95. The minimum Gasteiger partial charge on any atom is -0.453 e. The molecule has 3 rings (SSSR count). The zero-order valence-corrected chi connectivity index (χ0v) is 9.19. The molecule has 4 heteroatoms. The van der Waals surface area contributed by atoms with Crippen LogP contribution in [0.2, 0.25) is 0 Å². The molecule has 0 radical (unpaired) electrons. The first kappa shape index (κ1) is 9.66. The van der Waals surface area contributed by atoms with Gasteiger partial charge in [0, 0.05) is 12.0 Å². The maximum absolute atomic E-state index is 5.84. The molecule has 1 aromatic carbocycles. The molecule has 4 nitrogen and oxygen atoms in total. The minimum atomic E-state index is 0.126. The molecule has 0 bridgehead atoms. The van der Waals surface area contributed by atoms with E-state index in [2.05, 4.69) is 11.1 Å². The monoisotopic (exact) mass is 218 g/mol. The molecule has 0 spiro atoms. The number of oxazole rings is 1. The Morgan fingerprint density at radius 1 is 1.50 bits per heavy atom. The number of rotatable bonds is 3. The van der Waals surface area contributed by atoms with Gasteiger partial charge in [-0.25, -0.2) is 0 Å². The number of fused-ring (bicyclic) bond motifs is 1. The van der Waals surface area contributed by atoms with Crippen molar-refractivity contribution in [3.8, 4) is 6.08 Å². The lowest BCUT2D eigenvalue weighted by molar-refractivity contribution is 0.299. The molecule has 0 saturated heterocycles. The number of hydrogen-bond donors (Lipinski definition) is 1. The van der Waals surface area contributed by atoms with Crippen LogP contribution in [-0.2, 0) is 5.41 Å². The van der Waals surface area contributed by atoms with Gasteiger partial charge in [-0.1, -0.05) is 12.1 Å². The molecule has 1 heterocycles. The van der Waals surface area contributed by atoms with E-state index >= 15 is 0 Å². The normalized spacial score (nSPS) is 17.6. The number of ether oxygens (including phenoxy) is 1. The minimum absolute atomic E-state index is 0.126. The van der Waals surface area contributed by atoms with Crippen molar-refractivity contribution in [2.24, 2.45) is 5.73 Å². The summed E-state index contributed by atoms with van der Waals surface area (Å²) >= 11 is 0. The molecule has 0 atom stereocenters. The van der Waals surface area contributed by atoms with Crippen LogP contribution in [0.15, 0.2) is 22.6 Å². The first-order chi connectivity index (χ1) is 7.79. The molecule has 1 saturated carbocycles. The van der Waals surface area contributed by atoms with Gasteiger partial charge in [-0.2, -0.15) is 4.98 Å². The first-order valence-corrected chi connectivity index (χ1v) is 5.43. The summed E-state index contributed by atoms with van der Waals surface area (Å²) in [6, 6.07) is 5.98. The SMILES string of the molecule is COc1nc2c(C3(CN)CC3)cccc2o1. The lowest BCUT2D eigenvalue weighted by Gasteiger charge is -2.12. The molecule has 1 aliphatic carbocycles. The fourth-order valence-corrected chi connectivity index (χ4v) is 2.18. The average Bonchev–Trinajstić information content (AvgIpc) is 3.00. The van der Waals surface area contributed by atoms with Gasteiger partial charge in [-0.05, 0) is 24.5 Å². The van der Waals surface area contributed by atoms with E-state index in [0.717, 1.165) is 23.9 Å². The van der Waals surface area contributed by atoms with E-state index < -0.39 is 0 Å². The third-order valence-corrected chi connectivity index (χ3v) is 3.39. The summed E-state index contributed by atoms with van der Waals surface area (Å²) in [5.41, 5.74) is 8.83. The van der Waals surface area contributed by atoms with Crippen LogP contribution >= 0.6 is 0 Å². The van der Waals surface area contributed by atoms with Crippen LogP contribution in [0.5, 0.6) is 6.08 Å². The highest BCUT2D eigenvalue weighted by molar-refractivity contribution is 5.79. The van der Waals surface area contributed by atoms with E-state index in [1.165, 1.54) is 5.56 Å².